The van der Waals surface area contributed by atoms with E-state index in [-0.39, 0.29) is 70.3 Å². The van der Waals surface area contributed by atoms with Gasteiger partial charge in [0, 0.05) is 18.8 Å². The average molecular weight is 271 g/mol. The number of rotatable bonds is 4. The maximum atomic E-state index is 10.3. The molecule has 0 unspecified atom stereocenters. The Hall–Kier alpha value is 1.79. The van der Waals surface area contributed by atoms with Crippen molar-refractivity contribution in [1.29, 1.82) is 0 Å². The van der Waals surface area contributed by atoms with Gasteiger partial charge in [-0.25, -0.2) is 8.42 Å². The van der Waals surface area contributed by atoms with Crippen molar-refractivity contribution >= 4 is 10.1 Å². The van der Waals surface area contributed by atoms with Gasteiger partial charge in [-0.2, -0.15) is 0 Å². The Morgan fingerprint density at radius 3 is 2.12 bits per heavy atom. The van der Waals surface area contributed by atoms with Crippen LogP contribution in [0.2, 0.25) is 0 Å². The van der Waals surface area contributed by atoms with Gasteiger partial charge in [0.05, 0.1) is 23.3 Å². The van der Waals surface area contributed by atoms with E-state index < -0.39 is 10.1 Å². The van der Waals surface area contributed by atoms with Gasteiger partial charge in [-0.3, -0.25) is 4.90 Å². The fraction of sp³-hybridized carbons (Fsp3) is 1.00. The van der Waals surface area contributed by atoms with E-state index in [1.165, 1.54) is 0 Å². The van der Waals surface area contributed by atoms with Crippen molar-refractivity contribution in [1.82, 2.24) is 4.90 Å². The molecule has 0 radical (unpaired) electrons. The van der Waals surface area contributed by atoms with E-state index >= 15 is 0 Å². The number of nitrogens with zero attached hydrogens (tertiary/aromatic N) is 1. The first kappa shape index (κ1) is 22.9. The van der Waals surface area contributed by atoms with Crippen molar-refractivity contribution in [2.45, 2.75) is 6.42 Å². The van der Waals surface area contributed by atoms with Crippen LogP contribution in [0.3, 0.4) is 0 Å². The molecule has 0 saturated carbocycles. The van der Waals surface area contributed by atoms with Gasteiger partial charge in [0.1, 0.15) is 0 Å². The first-order valence-electron chi connectivity index (χ1n) is 4.31. The van der Waals surface area contributed by atoms with E-state index in [9.17, 15) is 13.0 Å². The Balaban J connectivity index is -0.000000563. The number of ether oxygens (including phenoxy) is 1. The molecule has 1 heterocycles. The Kier molecular flexibility index (Phi) is 17.0. The largest absolute Gasteiger partial charge is 1.00 e. The fourth-order valence-corrected chi connectivity index (χ4v) is 1.77. The summed E-state index contributed by atoms with van der Waals surface area (Å²) in [6.45, 7) is 3.73. The summed E-state index contributed by atoms with van der Waals surface area (Å²) in [4.78, 5) is 2.11. The second-order valence-corrected chi connectivity index (χ2v) is 4.59. The molecule has 0 aromatic rings. The Labute approximate surface area is 141 Å². The molecule has 0 spiro atoms. The minimum atomic E-state index is -4.03. The molecule has 0 aromatic carbocycles. The molecule has 1 aliphatic rings. The zero-order chi connectivity index (χ0) is 9.73. The zero-order valence-electron chi connectivity index (χ0n) is 9.89. The number of morpholine rings is 1. The Morgan fingerprint density at radius 1 is 1.19 bits per heavy atom. The second kappa shape index (κ2) is 11.9. The van der Waals surface area contributed by atoms with E-state index in [2.05, 4.69) is 4.90 Å². The van der Waals surface area contributed by atoms with Gasteiger partial charge >= 0.3 is 59.1 Å². The van der Waals surface area contributed by atoms with Crippen LogP contribution >= 0.6 is 0 Å². The average Bonchev–Trinajstić information content (AvgIpc) is 2.04. The third kappa shape index (κ3) is 12.3. The Morgan fingerprint density at radius 2 is 1.69 bits per heavy atom. The van der Waals surface area contributed by atoms with Crippen LogP contribution in [0.1, 0.15) is 6.42 Å². The van der Waals surface area contributed by atoms with E-state index in [1.807, 2.05) is 0 Å². The maximum Gasteiger partial charge on any atom is 1.00 e. The van der Waals surface area contributed by atoms with Gasteiger partial charge in [-0.05, 0) is 13.0 Å². The Bertz CT molecular complexity index is 243. The van der Waals surface area contributed by atoms with Crippen molar-refractivity contribution in [3.8, 4) is 0 Å². The maximum absolute atomic E-state index is 10.3. The zero-order valence-corrected chi connectivity index (χ0v) is 14.7. The monoisotopic (exact) mass is 271 g/mol. The summed E-state index contributed by atoms with van der Waals surface area (Å²) in [5.74, 6) is -0.260. The summed E-state index contributed by atoms with van der Waals surface area (Å²) in [5, 5.41) is 0. The first-order valence-corrected chi connectivity index (χ1v) is 5.89. The molecular formula is C7H15NNa2O5S. The van der Waals surface area contributed by atoms with E-state index in [1.54, 1.807) is 0 Å². The van der Waals surface area contributed by atoms with Crippen molar-refractivity contribution in [2.75, 3.05) is 38.6 Å². The third-order valence-corrected chi connectivity index (χ3v) is 2.76. The standard InChI is InChI=1S/C7H15NO4S.2Na.H2O/c9-13(10,11)7-1-2-8-3-5-12-6-4-8;;;/h1-7H2,(H,9,10,11);;;1H2/q;2*+1;/p-2. The van der Waals surface area contributed by atoms with Crippen molar-refractivity contribution in [2.24, 2.45) is 0 Å². The van der Waals surface area contributed by atoms with Crippen molar-refractivity contribution in [3.63, 3.8) is 0 Å². The molecule has 1 saturated heterocycles. The molecule has 1 fully saturated rings. The van der Waals surface area contributed by atoms with Crippen LogP contribution in [-0.4, -0.2) is 61.9 Å². The topological polar surface area (TPSA) is 99.7 Å². The third-order valence-electron chi connectivity index (χ3n) is 1.97. The minimum Gasteiger partial charge on any atom is -0.870 e. The molecule has 1 rings (SSSR count). The molecule has 16 heavy (non-hydrogen) atoms. The minimum absolute atomic E-state index is 0. The van der Waals surface area contributed by atoms with E-state index in [4.69, 9.17) is 4.74 Å². The molecule has 0 bridgehead atoms. The molecule has 0 aromatic heterocycles. The van der Waals surface area contributed by atoms with Crippen molar-refractivity contribution in [3.05, 3.63) is 0 Å². The van der Waals surface area contributed by atoms with Crippen LogP contribution in [0.4, 0.5) is 0 Å². The number of hydrogen-bond donors (Lipinski definition) is 0. The van der Waals surface area contributed by atoms with Crippen LogP contribution in [-0.2, 0) is 14.9 Å². The first-order chi connectivity index (χ1) is 6.08. The van der Waals surface area contributed by atoms with Crippen molar-refractivity contribution < 1.29 is 82.3 Å². The van der Waals surface area contributed by atoms with Gasteiger partial charge in [0.2, 0.25) is 0 Å². The number of hydrogen-bond acceptors (Lipinski definition) is 6. The molecule has 0 amide bonds. The predicted octanol–water partition coefficient (Wildman–Crippen LogP) is -6.91. The van der Waals surface area contributed by atoms with E-state index in [0.29, 0.717) is 26.2 Å². The van der Waals surface area contributed by atoms with E-state index in [0.717, 1.165) is 13.1 Å². The van der Waals surface area contributed by atoms with Crippen LogP contribution in [0.15, 0.2) is 0 Å². The van der Waals surface area contributed by atoms with Gasteiger partial charge < -0.3 is 14.8 Å². The molecule has 0 aliphatic carbocycles. The molecule has 1 aliphatic heterocycles. The summed E-state index contributed by atoms with van der Waals surface area (Å²) in [6, 6.07) is 0. The molecule has 0 atom stereocenters. The summed E-state index contributed by atoms with van der Waals surface area (Å²) in [7, 11) is -4.03. The normalized spacial score (nSPS) is 16.6. The van der Waals surface area contributed by atoms with Gasteiger partial charge in [-0.15, -0.1) is 0 Å². The molecule has 86 valence electrons. The molecule has 9 heteroatoms. The second-order valence-electron chi connectivity index (χ2n) is 3.07. The van der Waals surface area contributed by atoms with Crippen LogP contribution < -0.4 is 59.1 Å². The van der Waals surface area contributed by atoms with Gasteiger partial charge in [0.15, 0.2) is 0 Å². The summed E-state index contributed by atoms with van der Waals surface area (Å²) >= 11 is 0. The predicted molar refractivity (Wildman–Crippen MR) is 48.4 cm³/mol. The summed E-state index contributed by atoms with van der Waals surface area (Å²) in [6.07, 6.45) is 0.422. The SMILES string of the molecule is O=S(=O)([O-])CCCN1CCOCC1.[Na+].[Na+].[OH-]. The van der Waals surface area contributed by atoms with Crippen LogP contribution in [0, 0.1) is 0 Å². The summed E-state index contributed by atoms with van der Waals surface area (Å²) in [5.41, 5.74) is 0. The van der Waals surface area contributed by atoms with Crippen LogP contribution in [0.25, 0.3) is 0 Å². The van der Waals surface area contributed by atoms with Gasteiger partial charge in [0.25, 0.3) is 0 Å². The van der Waals surface area contributed by atoms with Gasteiger partial charge in [-0.1, -0.05) is 0 Å². The molecule has 6 nitrogen and oxygen atoms in total. The molecule has 1 N–H and O–H groups in total. The fourth-order valence-electron chi connectivity index (χ4n) is 1.29. The summed E-state index contributed by atoms with van der Waals surface area (Å²) < 4.78 is 35.9. The molecular weight excluding hydrogens is 256 g/mol. The van der Waals surface area contributed by atoms with Crippen LogP contribution in [0.5, 0.6) is 0 Å². The smallest absolute Gasteiger partial charge is 0.870 e. The quantitative estimate of drug-likeness (QED) is 0.372.